The molecule has 9 nitrogen and oxygen atoms in total. The Bertz CT molecular complexity index is 1170. The van der Waals surface area contributed by atoms with Crippen molar-refractivity contribution in [3.05, 3.63) is 48.0 Å². The fourth-order valence-electron chi connectivity index (χ4n) is 4.19. The maximum atomic E-state index is 13.5. The molecule has 0 bridgehead atoms. The number of anilines is 2. The van der Waals surface area contributed by atoms with E-state index in [4.69, 9.17) is 9.47 Å². The van der Waals surface area contributed by atoms with Crippen LogP contribution in [-0.4, -0.2) is 41.4 Å². The van der Waals surface area contributed by atoms with Crippen molar-refractivity contribution < 1.29 is 28.7 Å². The largest absolute Gasteiger partial charge is 0.454 e. The number of amides is 4. The molecule has 35 heavy (non-hydrogen) atoms. The molecule has 1 atom stereocenters. The average Bonchev–Trinajstić information content (AvgIpc) is 3.34. The Labute approximate surface area is 204 Å². The van der Waals surface area contributed by atoms with Gasteiger partial charge in [0.15, 0.2) is 11.5 Å². The number of hydrogen-bond acceptors (Lipinski definition) is 6. The number of nitrogens with zero attached hydrogens (tertiary/aromatic N) is 2. The Morgan fingerprint density at radius 3 is 2.40 bits per heavy atom. The van der Waals surface area contributed by atoms with Crippen LogP contribution in [0.1, 0.15) is 46.1 Å². The molecule has 0 spiro atoms. The van der Waals surface area contributed by atoms with Crippen LogP contribution in [-0.2, 0) is 25.7 Å². The molecule has 0 radical (unpaired) electrons. The van der Waals surface area contributed by atoms with Gasteiger partial charge in [0.2, 0.25) is 24.5 Å². The summed E-state index contributed by atoms with van der Waals surface area (Å²) in [7, 11) is 0. The number of imide groups is 1. The lowest BCUT2D eigenvalue weighted by Gasteiger charge is -2.30. The van der Waals surface area contributed by atoms with E-state index in [0.29, 0.717) is 22.9 Å². The van der Waals surface area contributed by atoms with Gasteiger partial charge < -0.3 is 19.7 Å². The summed E-state index contributed by atoms with van der Waals surface area (Å²) >= 11 is 0. The lowest BCUT2D eigenvalue weighted by Crippen LogP contribution is -2.46. The molecule has 1 unspecified atom stereocenters. The molecule has 2 aromatic carbocycles. The maximum Gasteiger partial charge on any atom is 0.257 e. The number of carbonyl (C=O) groups is 4. The number of ether oxygens (including phenoxy) is 2. The van der Waals surface area contributed by atoms with Gasteiger partial charge in [0.05, 0.1) is 12.1 Å². The van der Waals surface area contributed by atoms with Crippen molar-refractivity contribution in [1.29, 1.82) is 0 Å². The zero-order valence-electron chi connectivity index (χ0n) is 20.3. The van der Waals surface area contributed by atoms with Gasteiger partial charge in [-0.05, 0) is 47.4 Å². The first-order valence-corrected chi connectivity index (χ1v) is 11.4. The van der Waals surface area contributed by atoms with E-state index >= 15 is 0 Å². The van der Waals surface area contributed by atoms with Crippen LogP contribution in [0.2, 0.25) is 0 Å². The van der Waals surface area contributed by atoms with Crippen molar-refractivity contribution in [3.63, 3.8) is 0 Å². The van der Waals surface area contributed by atoms with Crippen LogP contribution < -0.4 is 19.7 Å². The van der Waals surface area contributed by atoms with Crippen molar-refractivity contribution in [2.24, 2.45) is 5.41 Å². The molecule has 1 N–H and O–H groups in total. The van der Waals surface area contributed by atoms with Gasteiger partial charge in [-0.1, -0.05) is 26.8 Å². The average molecular weight is 480 g/mol. The summed E-state index contributed by atoms with van der Waals surface area (Å²) in [6, 6.07) is 10.9. The Hall–Kier alpha value is -3.88. The lowest BCUT2D eigenvalue weighted by molar-refractivity contribution is -0.140. The van der Waals surface area contributed by atoms with Gasteiger partial charge in [0.1, 0.15) is 6.04 Å². The van der Waals surface area contributed by atoms with Crippen LogP contribution in [0.25, 0.3) is 0 Å². The fraction of sp³-hybridized carbons (Fsp3) is 0.385. The third-order valence-corrected chi connectivity index (χ3v) is 5.74. The van der Waals surface area contributed by atoms with Crippen molar-refractivity contribution in [2.75, 3.05) is 17.0 Å². The van der Waals surface area contributed by atoms with E-state index in [-0.39, 0.29) is 49.3 Å². The minimum Gasteiger partial charge on any atom is -0.454 e. The number of hydrogen-bond donors (Lipinski definition) is 1. The van der Waals surface area contributed by atoms with Crippen LogP contribution in [0, 0.1) is 5.41 Å². The topological polar surface area (TPSA) is 105 Å². The molecule has 0 saturated carbocycles. The van der Waals surface area contributed by atoms with Gasteiger partial charge in [-0.25, -0.2) is 4.90 Å². The zero-order chi connectivity index (χ0) is 25.3. The van der Waals surface area contributed by atoms with Gasteiger partial charge in [0, 0.05) is 25.6 Å². The molecule has 9 heteroatoms. The lowest BCUT2D eigenvalue weighted by atomic mass is 9.91. The summed E-state index contributed by atoms with van der Waals surface area (Å²) in [5, 5.41) is 2.65. The third kappa shape index (κ3) is 5.45. The molecule has 4 rings (SSSR count). The minimum absolute atomic E-state index is 0.104. The Kier molecular flexibility index (Phi) is 6.51. The number of nitrogens with one attached hydrogen (secondary N) is 1. The van der Waals surface area contributed by atoms with Crippen LogP contribution in [0.3, 0.4) is 0 Å². The summed E-state index contributed by atoms with van der Waals surface area (Å²) < 4.78 is 10.8. The van der Waals surface area contributed by atoms with Crippen molar-refractivity contribution in [2.45, 2.75) is 53.1 Å². The van der Waals surface area contributed by atoms with E-state index in [0.717, 1.165) is 10.5 Å². The van der Waals surface area contributed by atoms with Crippen LogP contribution in [0.15, 0.2) is 42.5 Å². The number of rotatable bonds is 6. The third-order valence-electron chi connectivity index (χ3n) is 5.74. The molecule has 1 fully saturated rings. The van der Waals surface area contributed by atoms with Gasteiger partial charge in [-0.15, -0.1) is 0 Å². The first-order chi connectivity index (χ1) is 16.5. The molecule has 184 valence electrons. The van der Waals surface area contributed by atoms with Crippen molar-refractivity contribution in [3.8, 4) is 11.5 Å². The molecule has 2 heterocycles. The Balaban J connectivity index is 1.60. The van der Waals surface area contributed by atoms with E-state index < -0.39 is 11.9 Å². The standard InChI is InChI=1S/C26H29N3O6/c1-16(30)27-18-6-8-19(9-7-18)29-23(31)12-20(25(29)33)28(24(32)13-26(2,3)4)14-17-5-10-21-22(11-17)35-15-34-21/h5-11,20H,12-15H2,1-4H3,(H,27,30). The van der Waals surface area contributed by atoms with E-state index in [9.17, 15) is 19.2 Å². The smallest absolute Gasteiger partial charge is 0.257 e. The normalized spacial score (nSPS) is 17.0. The van der Waals surface area contributed by atoms with Crippen LogP contribution in [0.4, 0.5) is 11.4 Å². The number of carbonyl (C=O) groups excluding carboxylic acids is 4. The molecule has 0 aliphatic carbocycles. The van der Waals surface area contributed by atoms with Crippen LogP contribution in [0.5, 0.6) is 11.5 Å². The molecular weight excluding hydrogens is 450 g/mol. The maximum absolute atomic E-state index is 13.5. The highest BCUT2D eigenvalue weighted by molar-refractivity contribution is 6.23. The predicted molar refractivity (Wildman–Crippen MR) is 129 cm³/mol. The molecule has 1 saturated heterocycles. The quantitative estimate of drug-likeness (QED) is 0.636. The second-order valence-electron chi connectivity index (χ2n) is 9.96. The Morgan fingerprint density at radius 1 is 1.06 bits per heavy atom. The Morgan fingerprint density at radius 2 is 1.74 bits per heavy atom. The SMILES string of the molecule is CC(=O)Nc1ccc(N2C(=O)CC(N(Cc3ccc4c(c3)OCO4)C(=O)CC(C)(C)C)C2=O)cc1. The molecule has 2 aliphatic heterocycles. The van der Waals surface area contributed by atoms with E-state index in [2.05, 4.69) is 5.32 Å². The second kappa shape index (κ2) is 9.40. The van der Waals surface area contributed by atoms with E-state index in [1.54, 1.807) is 36.4 Å². The van der Waals surface area contributed by atoms with Crippen LogP contribution >= 0.6 is 0 Å². The summed E-state index contributed by atoms with van der Waals surface area (Å²) in [4.78, 5) is 53.7. The molecule has 0 aromatic heterocycles. The highest BCUT2D eigenvalue weighted by atomic mass is 16.7. The molecule has 2 aromatic rings. The highest BCUT2D eigenvalue weighted by Crippen LogP contribution is 2.34. The number of fused-ring (bicyclic) bond motifs is 1. The zero-order valence-corrected chi connectivity index (χ0v) is 20.3. The van der Waals surface area contributed by atoms with E-state index in [1.165, 1.54) is 11.8 Å². The number of benzene rings is 2. The van der Waals surface area contributed by atoms with Gasteiger partial charge in [-0.2, -0.15) is 0 Å². The van der Waals surface area contributed by atoms with Gasteiger partial charge in [-0.3, -0.25) is 19.2 Å². The second-order valence-corrected chi connectivity index (χ2v) is 9.96. The van der Waals surface area contributed by atoms with Gasteiger partial charge >= 0.3 is 0 Å². The monoisotopic (exact) mass is 479 g/mol. The molecule has 4 amide bonds. The van der Waals surface area contributed by atoms with Crippen molar-refractivity contribution >= 4 is 35.0 Å². The fourth-order valence-corrected chi connectivity index (χ4v) is 4.19. The molecule has 2 aliphatic rings. The summed E-state index contributed by atoms with van der Waals surface area (Å²) in [6.45, 7) is 7.55. The predicted octanol–water partition coefficient (Wildman–Crippen LogP) is 3.47. The summed E-state index contributed by atoms with van der Waals surface area (Å²) in [5.74, 6) is -0.0496. The van der Waals surface area contributed by atoms with E-state index in [1.807, 2.05) is 26.8 Å². The van der Waals surface area contributed by atoms with Gasteiger partial charge in [0.25, 0.3) is 5.91 Å². The summed E-state index contributed by atoms with van der Waals surface area (Å²) in [5.41, 5.74) is 1.43. The summed E-state index contributed by atoms with van der Waals surface area (Å²) in [6.07, 6.45) is 0.119. The first-order valence-electron chi connectivity index (χ1n) is 11.4. The first kappa shape index (κ1) is 24.3. The highest BCUT2D eigenvalue weighted by Gasteiger charge is 2.44. The molecular formula is C26H29N3O6. The minimum atomic E-state index is -0.919. The van der Waals surface area contributed by atoms with Crippen molar-refractivity contribution in [1.82, 2.24) is 4.90 Å².